The molecule has 0 saturated carbocycles. The Hall–Kier alpha value is -2.01. The van der Waals surface area contributed by atoms with Crippen molar-refractivity contribution in [1.82, 2.24) is 0 Å². The predicted molar refractivity (Wildman–Crippen MR) is 100 cm³/mol. The first-order valence-electron chi connectivity index (χ1n) is 8.02. The van der Waals surface area contributed by atoms with E-state index < -0.39 is 0 Å². The number of hydrogen-bond acceptors (Lipinski definition) is 3. The second-order valence-electron chi connectivity index (χ2n) is 5.38. The Morgan fingerprint density at radius 1 is 1.08 bits per heavy atom. The molecule has 1 amide bonds. The molecule has 128 valence electrons. The largest absolute Gasteiger partial charge is 0.490 e. The van der Waals surface area contributed by atoms with Crippen molar-refractivity contribution in [3.63, 3.8) is 0 Å². The van der Waals surface area contributed by atoms with Gasteiger partial charge in [0.2, 0.25) is 0 Å². The summed E-state index contributed by atoms with van der Waals surface area (Å²) >= 11 is 3.47. The highest BCUT2D eigenvalue weighted by Gasteiger charge is 2.13. The lowest BCUT2D eigenvalue weighted by Crippen LogP contribution is -2.13. The van der Waals surface area contributed by atoms with Crippen LogP contribution < -0.4 is 14.8 Å². The molecule has 0 atom stereocenters. The molecule has 0 radical (unpaired) electrons. The van der Waals surface area contributed by atoms with E-state index in [0.717, 1.165) is 22.1 Å². The van der Waals surface area contributed by atoms with Crippen molar-refractivity contribution in [2.24, 2.45) is 0 Å². The number of aryl methyl sites for hydroxylation is 1. The van der Waals surface area contributed by atoms with Crippen LogP contribution in [0, 0.1) is 6.92 Å². The highest BCUT2D eigenvalue weighted by Crippen LogP contribution is 2.30. The molecule has 0 unspecified atom stereocenters. The molecule has 0 bridgehead atoms. The molecule has 2 aromatic rings. The predicted octanol–water partition coefficient (Wildman–Crippen LogP) is 5.20. The Bertz CT molecular complexity index is 716. The van der Waals surface area contributed by atoms with Crippen LogP contribution in [0.2, 0.25) is 0 Å². The molecule has 2 aromatic carbocycles. The zero-order chi connectivity index (χ0) is 17.5. The van der Waals surface area contributed by atoms with Crippen LogP contribution in [0.4, 0.5) is 5.69 Å². The molecule has 0 spiro atoms. The summed E-state index contributed by atoms with van der Waals surface area (Å²) in [5, 5.41) is 2.90. The van der Waals surface area contributed by atoms with Crippen molar-refractivity contribution in [3.05, 3.63) is 52.0 Å². The third-order valence-electron chi connectivity index (χ3n) is 3.34. The number of rotatable bonds is 7. The maximum atomic E-state index is 12.5. The lowest BCUT2D eigenvalue weighted by molar-refractivity contribution is 0.102. The molecule has 0 aliphatic rings. The zero-order valence-electron chi connectivity index (χ0n) is 14.2. The van der Waals surface area contributed by atoms with Gasteiger partial charge in [-0.05, 0) is 72.1 Å². The maximum absolute atomic E-state index is 12.5. The number of benzene rings is 2. The first kappa shape index (κ1) is 18.3. The van der Waals surface area contributed by atoms with Gasteiger partial charge in [-0.15, -0.1) is 0 Å². The third-order valence-corrected chi connectivity index (χ3v) is 4.00. The highest BCUT2D eigenvalue weighted by atomic mass is 79.9. The summed E-state index contributed by atoms with van der Waals surface area (Å²) in [7, 11) is 0. The summed E-state index contributed by atoms with van der Waals surface area (Å²) < 4.78 is 12.1. The van der Waals surface area contributed by atoms with E-state index in [1.54, 1.807) is 18.2 Å². The van der Waals surface area contributed by atoms with Crippen molar-refractivity contribution in [2.45, 2.75) is 27.2 Å². The van der Waals surface area contributed by atoms with E-state index in [0.29, 0.717) is 30.3 Å². The second-order valence-corrected chi connectivity index (χ2v) is 6.23. The van der Waals surface area contributed by atoms with Crippen LogP contribution in [-0.4, -0.2) is 19.1 Å². The molecule has 0 saturated heterocycles. The van der Waals surface area contributed by atoms with Gasteiger partial charge in [0.25, 0.3) is 5.91 Å². The van der Waals surface area contributed by atoms with Gasteiger partial charge in [-0.2, -0.15) is 0 Å². The SMILES string of the molecule is CCCOc1ccc(C(=O)Nc2ccc(C)cc2Br)cc1OCC. The summed E-state index contributed by atoms with van der Waals surface area (Å²) in [6, 6.07) is 11.0. The Labute approximate surface area is 151 Å². The number of anilines is 1. The molecule has 0 heterocycles. The van der Waals surface area contributed by atoms with Crippen molar-refractivity contribution in [1.29, 1.82) is 0 Å². The van der Waals surface area contributed by atoms with E-state index >= 15 is 0 Å². The van der Waals surface area contributed by atoms with Crippen LogP contribution in [0.15, 0.2) is 40.9 Å². The summed E-state index contributed by atoms with van der Waals surface area (Å²) in [6.45, 7) is 7.07. The average molecular weight is 392 g/mol. The standard InChI is InChI=1S/C19H22BrNO3/c1-4-10-24-17-9-7-14(12-18(17)23-5-2)19(22)21-16-8-6-13(3)11-15(16)20/h6-9,11-12H,4-5,10H2,1-3H3,(H,21,22). The van der Waals surface area contributed by atoms with Gasteiger partial charge in [0, 0.05) is 10.0 Å². The van der Waals surface area contributed by atoms with E-state index in [-0.39, 0.29) is 5.91 Å². The monoisotopic (exact) mass is 391 g/mol. The second kappa shape index (κ2) is 8.73. The van der Waals surface area contributed by atoms with Gasteiger partial charge in [-0.3, -0.25) is 4.79 Å². The molecule has 2 rings (SSSR count). The fourth-order valence-corrected chi connectivity index (χ4v) is 2.76. The van der Waals surface area contributed by atoms with Crippen LogP contribution in [0.3, 0.4) is 0 Å². The van der Waals surface area contributed by atoms with E-state index in [4.69, 9.17) is 9.47 Å². The Morgan fingerprint density at radius 3 is 2.54 bits per heavy atom. The van der Waals surface area contributed by atoms with Crippen molar-refractivity contribution in [2.75, 3.05) is 18.5 Å². The first-order valence-corrected chi connectivity index (χ1v) is 8.81. The molecule has 4 nitrogen and oxygen atoms in total. The van der Waals surface area contributed by atoms with Crippen molar-refractivity contribution < 1.29 is 14.3 Å². The minimum Gasteiger partial charge on any atom is -0.490 e. The molecular formula is C19H22BrNO3. The fraction of sp³-hybridized carbons (Fsp3) is 0.316. The van der Waals surface area contributed by atoms with Crippen molar-refractivity contribution >= 4 is 27.5 Å². The number of hydrogen-bond donors (Lipinski definition) is 1. The Morgan fingerprint density at radius 2 is 1.88 bits per heavy atom. The van der Waals surface area contributed by atoms with Crippen LogP contribution >= 0.6 is 15.9 Å². The number of carbonyl (C=O) groups excluding carboxylic acids is 1. The van der Waals surface area contributed by atoms with E-state index in [1.165, 1.54) is 0 Å². The minimum atomic E-state index is -0.192. The number of amides is 1. The zero-order valence-corrected chi connectivity index (χ0v) is 15.8. The molecule has 1 N–H and O–H groups in total. The quantitative estimate of drug-likeness (QED) is 0.705. The molecule has 24 heavy (non-hydrogen) atoms. The Balaban J connectivity index is 2.20. The molecule has 0 aliphatic heterocycles. The fourth-order valence-electron chi connectivity index (χ4n) is 2.16. The van der Waals surface area contributed by atoms with E-state index in [1.807, 2.05) is 39.0 Å². The van der Waals surface area contributed by atoms with Crippen LogP contribution in [0.1, 0.15) is 36.2 Å². The number of carbonyl (C=O) groups is 1. The number of halogens is 1. The highest BCUT2D eigenvalue weighted by molar-refractivity contribution is 9.10. The smallest absolute Gasteiger partial charge is 0.255 e. The normalized spacial score (nSPS) is 10.3. The van der Waals surface area contributed by atoms with E-state index in [9.17, 15) is 4.79 Å². The van der Waals surface area contributed by atoms with Gasteiger partial charge in [-0.1, -0.05) is 13.0 Å². The van der Waals surface area contributed by atoms with Crippen LogP contribution in [0.5, 0.6) is 11.5 Å². The number of nitrogens with one attached hydrogen (secondary N) is 1. The van der Waals surface area contributed by atoms with E-state index in [2.05, 4.69) is 21.2 Å². The van der Waals surface area contributed by atoms with Gasteiger partial charge >= 0.3 is 0 Å². The third kappa shape index (κ3) is 4.74. The topological polar surface area (TPSA) is 47.6 Å². The van der Waals surface area contributed by atoms with Gasteiger partial charge in [-0.25, -0.2) is 0 Å². The Kier molecular flexibility index (Phi) is 6.67. The van der Waals surface area contributed by atoms with Gasteiger partial charge < -0.3 is 14.8 Å². The summed E-state index contributed by atoms with van der Waals surface area (Å²) in [6.07, 6.45) is 0.912. The van der Waals surface area contributed by atoms with Gasteiger partial charge in [0.15, 0.2) is 11.5 Å². The summed E-state index contributed by atoms with van der Waals surface area (Å²) in [4.78, 5) is 12.5. The summed E-state index contributed by atoms with van der Waals surface area (Å²) in [5.74, 6) is 1.05. The van der Waals surface area contributed by atoms with Gasteiger partial charge in [0.1, 0.15) is 0 Å². The minimum absolute atomic E-state index is 0.192. The average Bonchev–Trinajstić information content (AvgIpc) is 2.56. The maximum Gasteiger partial charge on any atom is 0.255 e. The van der Waals surface area contributed by atoms with Gasteiger partial charge in [0.05, 0.1) is 18.9 Å². The van der Waals surface area contributed by atoms with Crippen molar-refractivity contribution in [3.8, 4) is 11.5 Å². The summed E-state index contributed by atoms with van der Waals surface area (Å²) in [5.41, 5.74) is 2.38. The van der Waals surface area contributed by atoms with Crippen LogP contribution in [-0.2, 0) is 0 Å². The molecule has 0 aromatic heterocycles. The lowest BCUT2D eigenvalue weighted by Gasteiger charge is -2.13. The molecular weight excluding hydrogens is 370 g/mol. The number of ether oxygens (including phenoxy) is 2. The van der Waals surface area contributed by atoms with Crippen LogP contribution in [0.25, 0.3) is 0 Å². The molecule has 0 fully saturated rings. The lowest BCUT2D eigenvalue weighted by atomic mass is 10.1. The molecule has 5 heteroatoms. The first-order chi connectivity index (χ1) is 11.5. The molecule has 0 aliphatic carbocycles.